The van der Waals surface area contributed by atoms with Crippen molar-refractivity contribution in [1.82, 2.24) is 5.32 Å². The Balaban J connectivity index is 2.56. The van der Waals surface area contributed by atoms with Crippen molar-refractivity contribution in [3.63, 3.8) is 0 Å². The van der Waals surface area contributed by atoms with Gasteiger partial charge in [-0.05, 0) is 44.8 Å². The normalized spacial score (nSPS) is 12.1. The van der Waals surface area contributed by atoms with Crippen LogP contribution >= 0.6 is 43.2 Å². The highest BCUT2D eigenvalue weighted by Gasteiger charge is 2.21. The Morgan fingerprint density at radius 2 is 2.00 bits per heavy atom. The van der Waals surface area contributed by atoms with E-state index in [1.807, 2.05) is 6.07 Å². The zero-order valence-electron chi connectivity index (χ0n) is 8.26. The summed E-state index contributed by atoms with van der Waals surface area (Å²) in [6.07, 6.45) is 0. The molecule has 0 aliphatic carbocycles. The minimum Gasteiger partial charge on any atom is -0.394 e. The van der Waals surface area contributed by atoms with Gasteiger partial charge in [0, 0.05) is 15.9 Å². The SMILES string of the molecule is CC(CO)(CO)NCc1cc(Br)c(Br)s1. The summed E-state index contributed by atoms with van der Waals surface area (Å²) in [6.45, 7) is 2.24. The maximum absolute atomic E-state index is 9.09. The molecule has 1 aromatic heterocycles. The van der Waals surface area contributed by atoms with Gasteiger partial charge >= 0.3 is 0 Å². The molecule has 0 aliphatic rings. The Bertz CT molecular complexity index is 306. The van der Waals surface area contributed by atoms with E-state index < -0.39 is 5.54 Å². The largest absolute Gasteiger partial charge is 0.394 e. The van der Waals surface area contributed by atoms with Crippen molar-refractivity contribution in [2.75, 3.05) is 13.2 Å². The molecule has 0 aliphatic heterocycles. The number of thiophene rings is 1. The van der Waals surface area contributed by atoms with Crippen molar-refractivity contribution >= 4 is 43.2 Å². The minimum absolute atomic E-state index is 0.0861. The molecule has 1 aromatic rings. The van der Waals surface area contributed by atoms with Gasteiger partial charge in [0.1, 0.15) is 0 Å². The van der Waals surface area contributed by atoms with Gasteiger partial charge in [-0.3, -0.25) is 0 Å². The van der Waals surface area contributed by atoms with E-state index in [1.165, 1.54) is 0 Å². The van der Waals surface area contributed by atoms with E-state index in [0.717, 1.165) is 13.1 Å². The summed E-state index contributed by atoms with van der Waals surface area (Å²) in [6, 6.07) is 2.01. The van der Waals surface area contributed by atoms with E-state index in [-0.39, 0.29) is 13.2 Å². The molecule has 0 unspecified atom stereocenters. The molecule has 0 aromatic carbocycles. The highest BCUT2D eigenvalue weighted by Crippen LogP contribution is 2.32. The van der Waals surface area contributed by atoms with E-state index in [1.54, 1.807) is 18.3 Å². The van der Waals surface area contributed by atoms with Crippen LogP contribution in [-0.2, 0) is 6.54 Å². The van der Waals surface area contributed by atoms with Crippen molar-refractivity contribution < 1.29 is 10.2 Å². The van der Waals surface area contributed by atoms with Gasteiger partial charge in [-0.1, -0.05) is 0 Å². The molecule has 6 heteroatoms. The monoisotopic (exact) mass is 357 g/mol. The number of aliphatic hydroxyl groups excluding tert-OH is 2. The topological polar surface area (TPSA) is 52.5 Å². The summed E-state index contributed by atoms with van der Waals surface area (Å²) in [4.78, 5) is 1.14. The molecule has 0 bridgehead atoms. The molecule has 3 N–H and O–H groups in total. The average molecular weight is 359 g/mol. The van der Waals surface area contributed by atoms with Crippen LogP contribution in [0.4, 0.5) is 0 Å². The quantitative estimate of drug-likeness (QED) is 0.755. The molecule has 3 nitrogen and oxygen atoms in total. The lowest BCUT2D eigenvalue weighted by atomic mass is 10.1. The Morgan fingerprint density at radius 3 is 2.40 bits per heavy atom. The predicted octanol–water partition coefficient (Wildman–Crippen LogP) is 2.11. The van der Waals surface area contributed by atoms with E-state index in [9.17, 15) is 0 Å². The Morgan fingerprint density at radius 1 is 1.40 bits per heavy atom. The minimum atomic E-state index is -0.622. The number of rotatable bonds is 5. The summed E-state index contributed by atoms with van der Waals surface area (Å²) in [5.74, 6) is 0. The molecule has 0 fully saturated rings. The number of halogens is 2. The van der Waals surface area contributed by atoms with Gasteiger partial charge in [0.25, 0.3) is 0 Å². The van der Waals surface area contributed by atoms with Crippen LogP contribution in [0.1, 0.15) is 11.8 Å². The summed E-state index contributed by atoms with van der Waals surface area (Å²) in [5, 5.41) is 21.3. The molecule has 0 saturated carbocycles. The summed E-state index contributed by atoms with van der Waals surface area (Å²) in [7, 11) is 0. The fraction of sp³-hybridized carbons (Fsp3) is 0.556. The van der Waals surface area contributed by atoms with Gasteiger partial charge in [-0.15, -0.1) is 11.3 Å². The molecular formula is C9H13Br2NO2S. The molecule has 1 rings (SSSR count). The Labute approximate surface area is 110 Å². The molecule has 0 atom stereocenters. The number of hydrogen-bond acceptors (Lipinski definition) is 4. The molecule has 1 heterocycles. The van der Waals surface area contributed by atoms with E-state index >= 15 is 0 Å². The predicted molar refractivity (Wildman–Crippen MR) is 69.1 cm³/mol. The lowest BCUT2D eigenvalue weighted by Gasteiger charge is -2.25. The second-order valence-electron chi connectivity index (χ2n) is 3.56. The van der Waals surface area contributed by atoms with Crippen LogP contribution < -0.4 is 5.32 Å². The smallest absolute Gasteiger partial charge is 0.0843 e. The molecule has 0 amide bonds. The highest BCUT2D eigenvalue weighted by molar-refractivity contribution is 9.13. The summed E-state index contributed by atoms with van der Waals surface area (Å²) in [5.41, 5.74) is -0.622. The van der Waals surface area contributed by atoms with Gasteiger partial charge in [0.15, 0.2) is 0 Å². The zero-order valence-corrected chi connectivity index (χ0v) is 12.2. The first kappa shape index (κ1) is 13.6. The maximum atomic E-state index is 9.09. The summed E-state index contributed by atoms with van der Waals surface area (Å²) >= 11 is 8.44. The third kappa shape index (κ3) is 3.80. The second kappa shape index (κ2) is 5.75. The lowest BCUT2D eigenvalue weighted by Crippen LogP contribution is -2.48. The molecule has 86 valence electrons. The van der Waals surface area contributed by atoms with Gasteiger partial charge in [0.2, 0.25) is 0 Å². The van der Waals surface area contributed by atoms with Gasteiger partial charge < -0.3 is 15.5 Å². The molecule has 0 radical (unpaired) electrons. The van der Waals surface area contributed by atoms with Crippen LogP contribution in [0.25, 0.3) is 0 Å². The first-order valence-corrected chi connectivity index (χ1v) is 6.81. The Hall–Kier alpha value is 0.540. The third-order valence-corrected chi connectivity index (χ3v) is 5.34. The third-order valence-electron chi connectivity index (χ3n) is 2.08. The molecule has 0 saturated heterocycles. The standard InChI is InChI=1S/C9H13Br2NO2S/c1-9(4-13,5-14)12-3-6-2-7(10)8(11)15-6/h2,12-14H,3-5H2,1H3. The zero-order chi connectivity index (χ0) is 11.5. The molecular weight excluding hydrogens is 346 g/mol. The van der Waals surface area contributed by atoms with Crippen LogP contribution in [-0.4, -0.2) is 29.0 Å². The van der Waals surface area contributed by atoms with Crippen LogP contribution in [0.3, 0.4) is 0 Å². The number of nitrogens with one attached hydrogen (secondary N) is 1. The van der Waals surface area contributed by atoms with Crippen LogP contribution in [0.5, 0.6) is 0 Å². The fourth-order valence-electron chi connectivity index (χ4n) is 0.941. The van der Waals surface area contributed by atoms with Crippen molar-refractivity contribution in [2.45, 2.75) is 19.0 Å². The van der Waals surface area contributed by atoms with Crippen LogP contribution in [0.15, 0.2) is 14.3 Å². The van der Waals surface area contributed by atoms with Crippen LogP contribution in [0, 0.1) is 0 Å². The van der Waals surface area contributed by atoms with Gasteiger partial charge in [-0.25, -0.2) is 0 Å². The van der Waals surface area contributed by atoms with Crippen LogP contribution in [0.2, 0.25) is 0 Å². The molecule has 0 spiro atoms. The fourth-order valence-corrected chi connectivity index (χ4v) is 3.06. The molecule has 15 heavy (non-hydrogen) atoms. The van der Waals surface area contributed by atoms with Gasteiger partial charge in [0.05, 0.1) is 22.5 Å². The number of aliphatic hydroxyl groups is 2. The summed E-state index contributed by atoms with van der Waals surface area (Å²) < 4.78 is 2.08. The van der Waals surface area contributed by atoms with E-state index in [2.05, 4.69) is 37.2 Å². The van der Waals surface area contributed by atoms with Crippen molar-refractivity contribution in [3.05, 3.63) is 19.2 Å². The van der Waals surface area contributed by atoms with E-state index in [0.29, 0.717) is 6.54 Å². The van der Waals surface area contributed by atoms with Gasteiger partial charge in [-0.2, -0.15) is 0 Å². The lowest BCUT2D eigenvalue weighted by molar-refractivity contribution is 0.103. The van der Waals surface area contributed by atoms with Crippen molar-refractivity contribution in [2.24, 2.45) is 0 Å². The number of hydrogen-bond donors (Lipinski definition) is 3. The van der Waals surface area contributed by atoms with E-state index in [4.69, 9.17) is 10.2 Å². The van der Waals surface area contributed by atoms with Crippen molar-refractivity contribution in [3.8, 4) is 0 Å². The maximum Gasteiger partial charge on any atom is 0.0843 e. The Kier molecular flexibility index (Phi) is 5.21. The van der Waals surface area contributed by atoms with Crippen molar-refractivity contribution in [1.29, 1.82) is 0 Å². The highest BCUT2D eigenvalue weighted by atomic mass is 79.9. The average Bonchev–Trinajstić information content (AvgIpc) is 2.55. The second-order valence-corrected chi connectivity index (χ2v) is 6.87. The first-order chi connectivity index (χ1) is 7.00. The first-order valence-electron chi connectivity index (χ1n) is 4.41.